The smallest absolute Gasteiger partial charge is 0.163 e. The predicted octanol–water partition coefficient (Wildman–Crippen LogP) is 5.43. The SMILES string of the molecule is CCC(O)CC(=O)CCc1ccc(O)c(OC)c1.COc1cc(/C=C/C(=O)CC(=O)/C=C/c2ccc(O)c(OC)c2)ccc1O. The Morgan fingerprint density at radius 3 is 1.60 bits per heavy atom. The topological polar surface area (TPSA) is 160 Å². The lowest BCUT2D eigenvalue weighted by molar-refractivity contribution is -0.122. The van der Waals surface area contributed by atoms with Gasteiger partial charge in [0.2, 0.25) is 0 Å². The van der Waals surface area contributed by atoms with Crippen molar-refractivity contribution in [3.8, 4) is 34.5 Å². The van der Waals surface area contributed by atoms with Crippen LogP contribution in [0.5, 0.6) is 34.5 Å². The van der Waals surface area contributed by atoms with Gasteiger partial charge in [-0.2, -0.15) is 0 Å². The molecule has 3 aromatic carbocycles. The Balaban J connectivity index is 0.000000341. The number of hydrogen-bond acceptors (Lipinski definition) is 10. The molecular weight excluding hydrogens is 580 g/mol. The number of carbonyl (C=O) groups is 3. The van der Waals surface area contributed by atoms with E-state index in [0.29, 0.717) is 47.6 Å². The fraction of sp³-hybridized carbons (Fsp3) is 0.286. The number of hydrogen-bond donors (Lipinski definition) is 4. The number of ether oxygens (including phenoxy) is 3. The fourth-order valence-electron chi connectivity index (χ4n) is 3.93. The minimum Gasteiger partial charge on any atom is -0.504 e. The molecule has 4 N–H and O–H groups in total. The first-order chi connectivity index (χ1) is 21.5. The number of Topliss-reactive ketones (excluding diaryl/α,β-unsaturated/α-hetero) is 1. The standard InChI is InChI=1S/C21H20O6.C14H20O4/c1-26-20-11-14(5-9-18(20)24)3-7-16(22)13-17(23)8-4-15-6-10-19(25)21(12-15)27-2;1-3-11(15)9-12(16)6-4-10-5-7-13(17)14(8-10)18-2/h3-12,24-25H,13H2,1-2H3;5,7-8,11,15,17H,3-4,6,9H2,1-2H3/b7-3+,8-4+;. The van der Waals surface area contributed by atoms with Crippen molar-refractivity contribution in [2.75, 3.05) is 21.3 Å². The monoisotopic (exact) mass is 620 g/mol. The molecule has 240 valence electrons. The molecule has 0 fully saturated rings. The number of phenols is 3. The van der Waals surface area contributed by atoms with Crippen LogP contribution in [-0.2, 0) is 20.8 Å². The first-order valence-corrected chi connectivity index (χ1v) is 14.2. The van der Waals surface area contributed by atoms with Crippen LogP contribution in [0.1, 0.15) is 49.3 Å². The van der Waals surface area contributed by atoms with Gasteiger partial charge in [0.25, 0.3) is 0 Å². The minimum atomic E-state index is -0.535. The molecule has 0 aliphatic heterocycles. The number of aryl methyl sites for hydroxylation is 1. The Morgan fingerprint density at radius 1 is 0.711 bits per heavy atom. The highest BCUT2D eigenvalue weighted by Gasteiger charge is 2.10. The van der Waals surface area contributed by atoms with Crippen molar-refractivity contribution in [1.82, 2.24) is 0 Å². The Labute approximate surface area is 262 Å². The number of aliphatic hydroxyl groups is 1. The minimum absolute atomic E-state index is 0.00662. The summed E-state index contributed by atoms with van der Waals surface area (Å²) in [6, 6.07) is 14.4. The summed E-state index contributed by atoms with van der Waals surface area (Å²) in [6.07, 6.45) is 6.70. The van der Waals surface area contributed by atoms with E-state index < -0.39 is 6.10 Å². The molecule has 1 atom stereocenters. The van der Waals surface area contributed by atoms with Gasteiger partial charge >= 0.3 is 0 Å². The van der Waals surface area contributed by atoms with Crippen molar-refractivity contribution in [3.05, 3.63) is 83.4 Å². The lowest BCUT2D eigenvalue weighted by atomic mass is 10.0. The third-order valence-electron chi connectivity index (χ3n) is 6.55. The van der Waals surface area contributed by atoms with Crippen molar-refractivity contribution in [3.63, 3.8) is 0 Å². The van der Waals surface area contributed by atoms with Gasteiger partial charge in [0.05, 0.1) is 33.9 Å². The van der Waals surface area contributed by atoms with E-state index in [2.05, 4.69) is 0 Å². The number of carbonyl (C=O) groups excluding carboxylic acids is 3. The Morgan fingerprint density at radius 2 is 1.16 bits per heavy atom. The largest absolute Gasteiger partial charge is 0.504 e. The second-order valence-electron chi connectivity index (χ2n) is 9.95. The molecule has 0 amide bonds. The average molecular weight is 621 g/mol. The Hall–Kier alpha value is -5.09. The molecule has 3 aromatic rings. The summed E-state index contributed by atoms with van der Waals surface area (Å²) < 4.78 is 15.0. The molecule has 0 heterocycles. The van der Waals surface area contributed by atoms with Gasteiger partial charge in [0, 0.05) is 12.8 Å². The van der Waals surface area contributed by atoms with E-state index in [0.717, 1.165) is 5.56 Å². The molecule has 0 radical (unpaired) electrons. The number of phenolic OH excluding ortho intramolecular Hbond substituents is 3. The van der Waals surface area contributed by atoms with Gasteiger partial charge in [0.1, 0.15) is 5.78 Å². The van der Waals surface area contributed by atoms with Gasteiger partial charge in [-0.15, -0.1) is 0 Å². The zero-order valence-electron chi connectivity index (χ0n) is 25.9. The van der Waals surface area contributed by atoms with Gasteiger partial charge in [-0.25, -0.2) is 0 Å². The van der Waals surface area contributed by atoms with Gasteiger partial charge in [0.15, 0.2) is 46.1 Å². The van der Waals surface area contributed by atoms with Crippen LogP contribution in [0.4, 0.5) is 0 Å². The van der Waals surface area contributed by atoms with E-state index in [4.69, 9.17) is 14.2 Å². The number of aromatic hydroxyl groups is 3. The molecule has 45 heavy (non-hydrogen) atoms. The fourth-order valence-corrected chi connectivity index (χ4v) is 3.93. The molecule has 1 unspecified atom stereocenters. The average Bonchev–Trinajstić information content (AvgIpc) is 3.03. The molecule has 10 heteroatoms. The van der Waals surface area contributed by atoms with Crippen LogP contribution < -0.4 is 14.2 Å². The summed E-state index contributed by atoms with van der Waals surface area (Å²) in [5.41, 5.74) is 2.26. The third kappa shape index (κ3) is 12.6. The molecule has 0 saturated carbocycles. The van der Waals surface area contributed by atoms with Crippen molar-refractivity contribution in [1.29, 1.82) is 0 Å². The van der Waals surface area contributed by atoms with E-state index in [1.54, 1.807) is 54.6 Å². The first-order valence-electron chi connectivity index (χ1n) is 14.2. The molecule has 3 rings (SSSR count). The zero-order chi connectivity index (χ0) is 33.4. The molecule has 0 aliphatic carbocycles. The number of aliphatic hydroxyl groups excluding tert-OH is 1. The number of allylic oxidation sites excluding steroid dienone is 2. The Bertz CT molecular complexity index is 1430. The first kappa shape index (κ1) is 36.1. The molecule has 0 aliphatic rings. The van der Waals surface area contributed by atoms with Gasteiger partial charge in [-0.3, -0.25) is 14.4 Å². The van der Waals surface area contributed by atoms with Crippen LogP contribution in [0.15, 0.2) is 66.7 Å². The molecule has 10 nitrogen and oxygen atoms in total. The number of methoxy groups -OCH3 is 3. The van der Waals surface area contributed by atoms with Crippen LogP contribution in [0.3, 0.4) is 0 Å². The van der Waals surface area contributed by atoms with Crippen molar-refractivity contribution >= 4 is 29.5 Å². The summed E-state index contributed by atoms with van der Waals surface area (Å²) in [4.78, 5) is 35.4. The summed E-state index contributed by atoms with van der Waals surface area (Å²) >= 11 is 0. The lowest BCUT2D eigenvalue weighted by Gasteiger charge is -2.08. The van der Waals surface area contributed by atoms with Crippen molar-refractivity contribution in [2.24, 2.45) is 0 Å². The summed E-state index contributed by atoms with van der Waals surface area (Å²) in [6.45, 7) is 1.85. The van der Waals surface area contributed by atoms with Crippen LogP contribution >= 0.6 is 0 Å². The molecule has 0 aromatic heterocycles. The maximum Gasteiger partial charge on any atom is 0.163 e. The maximum absolute atomic E-state index is 11.9. The third-order valence-corrected chi connectivity index (χ3v) is 6.55. The van der Waals surface area contributed by atoms with Gasteiger partial charge < -0.3 is 34.6 Å². The van der Waals surface area contributed by atoms with E-state index in [9.17, 15) is 34.8 Å². The number of ketones is 3. The van der Waals surface area contributed by atoms with Crippen LogP contribution in [0.25, 0.3) is 12.2 Å². The normalized spacial score (nSPS) is 11.5. The molecule has 0 saturated heterocycles. The highest BCUT2D eigenvalue weighted by Crippen LogP contribution is 2.28. The number of rotatable bonds is 15. The van der Waals surface area contributed by atoms with E-state index >= 15 is 0 Å². The zero-order valence-corrected chi connectivity index (χ0v) is 25.9. The van der Waals surface area contributed by atoms with E-state index in [1.807, 2.05) is 6.92 Å². The van der Waals surface area contributed by atoms with Crippen molar-refractivity contribution in [2.45, 2.75) is 45.1 Å². The van der Waals surface area contributed by atoms with Crippen LogP contribution in [0, 0.1) is 0 Å². The predicted molar refractivity (Wildman–Crippen MR) is 171 cm³/mol. The van der Waals surface area contributed by atoms with Crippen molar-refractivity contribution < 1.29 is 49.0 Å². The van der Waals surface area contributed by atoms with E-state index in [1.165, 1.54) is 45.6 Å². The van der Waals surface area contributed by atoms with Gasteiger partial charge in [-0.1, -0.05) is 37.3 Å². The second-order valence-corrected chi connectivity index (χ2v) is 9.95. The molecular formula is C35H40O10. The second kappa shape index (κ2) is 18.5. The molecule has 0 spiro atoms. The summed E-state index contributed by atoms with van der Waals surface area (Å²) in [5, 5.41) is 37.9. The van der Waals surface area contributed by atoms with Crippen LogP contribution in [-0.4, -0.2) is 65.2 Å². The summed E-state index contributed by atoms with van der Waals surface area (Å²) in [5.74, 6) is 0.471. The number of benzene rings is 3. The maximum atomic E-state index is 11.9. The lowest BCUT2D eigenvalue weighted by Crippen LogP contribution is -2.12. The highest BCUT2D eigenvalue weighted by molar-refractivity contribution is 6.10. The summed E-state index contributed by atoms with van der Waals surface area (Å²) in [7, 11) is 4.35. The highest BCUT2D eigenvalue weighted by atomic mass is 16.5. The quantitative estimate of drug-likeness (QED) is 0.127. The Kier molecular flexibility index (Phi) is 14.9. The van der Waals surface area contributed by atoms with Crippen LogP contribution in [0.2, 0.25) is 0 Å². The van der Waals surface area contributed by atoms with E-state index in [-0.39, 0.29) is 47.4 Å². The van der Waals surface area contributed by atoms with Gasteiger partial charge in [-0.05, 0) is 78.1 Å². The molecule has 0 bridgehead atoms.